The van der Waals surface area contributed by atoms with E-state index in [2.05, 4.69) is 70.2 Å². The third kappa shape index (κ3) is 1.98. The average Bonchev–Trinajstić information content (AvgIpc) is 3.52. The Kier molecular flexibility index (Phi) is 2.91. The Balaban J connectivity index is 1.67. The molecule has 0 saturated carbocycles. The molecule has 8 aromatic rings. The van der Waals surface area contributed by atoms with E-state index in [-0.39, 0.29) is 0 Å². The smallest absolute Gasteiger partial charge is 0.146 e. The summed E-state index contributed by atoms with van der Waals surface area (Å²) in [5, 5.41) is 7.62. The van der Waals surface area contributed by atoms with Gasteiger partial charge in [0.15, 0.2) is 0 Å². The SMILES string of the molecule is c1ccc2c(c1)sc1cc3c(cc12)sc1ccc2c(c4ncccc4c4nccn24)c13. The number of hydrogen-bond donors (Lipinski definition) is 0. The van der Waals surface area contributed by atoms with Gasteiger partial charge in [-0.15, -0.1) is 22.7 Å². The fraction of sp³-hybridized carbons (Fsp3) is 0. The minimum Gasteiger partial charge on any atom is -0.299 e. The van der Waals surface area contributed by atoms with Gasteiger partial charge in [0.25, 0.3) is 0 Å². The van der Waals surface area contributed by atoms with Crippen molar-refractivity contribution in [3.05, 3.63) is 79.3 Å². The van der Waals surface area contributed by atoms with Crippen LogP contribution in [0, 0.1) is 0 Å². The summed E-state index contributed by atoms with van der Waals surface area (Å²) in [5.74, 6) is 0. The molecule has 0 atom stereocenters. The molecule has 8 rings (SSSR count). The number of benzene rings is 3. The van der Waals surface area contributed by atoms with Crippen LogP contribution in [0.15, 0.2) is 79.3 Å². The maximum Gasteiger partial charge on any atom is 0.146 e. The van der Waals surface area contributed by atoms with Crippen molar-refractivity contribution >= 4 is 90.5 Å². The second-order valence-electron chi connectivity index (χ2n) is 7.90. The highest BCUT2D eigenvalue weighted by Crippen LogP contribution is 2.45. The monoisotopic (exact) mass is 431 g/mol. The van der Waals surface area contributed by atoms with Gasteiger partial charge in [-0.05, 0) is 42.5 Å². The predicted octanol–water partition coefficient (Wildman–Crippen LogP) is 7.77. The van der Waals surface area contributed by atoms with E-state index >= 15 is 0 Å². The van der Waals surface area contributed by atoms with Gasteiger partial charge in [-0.2, -0.15) is 0 Å². The maximum absolute atomic E-state index is 4.83. The lowest BCUT2D eigenvalue weighted by Crippen LogP contribution is -1.92. The fourth-order valence-corrected chi connectivity index (χ4v) is 7.26. The maximum atomic E-state index is 4.83. The van der Waals surface area contributed by atoms with Gasteiger partial charge >= 0.3 is 0 Å². The van der Waals surface area contributed by atoms with E-state index in [9.17, 15) is 0 Å². The topological polar surface area (TPSA) is 30.2 Å². The highest BCUT2D eigenvalue weighted by molar-refractivity contribution is 7.27. The van der Waals surface area contributed by atoms with Crippen LogP contribution in [0.2, 0.25) is 0 Å². The van der Waals surface area contributed by atoms with Gasteiger partial charge in [-0.1, -0.05) is 18.2 Å². The Bertz CT molecular complexity index is 2010. The number of imidazole rings is 1. The molecular weight excluding hydrogens is 418 g/mol. The van der Waals surface area contributed by atoms with Crippen molar-refractivity contribution in [1.29, 1.82) is 0 Å². The lowest BCUT2D eigenvalue weighted by molar-refractivity contribution is 1.27. The van der Waals surface area contributed by atoms with E-state index < -0.39 is 0 Å². The van der Waals surface area contributed by atoms with Gasteiger partial charge in [-0.25, -0.2) is 4.98 Å². The van der Waals surface area contributed by atoms with E-state index in [0.717, 1.165) is 22.1 Å². The van der Waals surface area contributed by atoms with Crippen LogP contribution < -0.4 is 0 Å². The van der Waals surface area contributed by atoms with Crippen molar-refractivity contribution in [1.82, 2.24) is 14.4 Å². The molecule has 3 aromatic carbocycles. The number of fused-ring (bicyclic) bond motifs is 13. The molecule has 0 radical (unpaired) electrons. The molecule has 0 aliphatic rings. The van der Waals surface area contributed by atoms with Crippen LogP contribution in [0.25, 0.3) is 67.8 Å². The number of aromatic nitrogens is 3. The summed E-state index contributed by atoms with van der Waals surface area (Å²) in [6.07, 6.45) is 5.81. The zero-order valence-corrected chi connectivity index (χ0v) is 17.8. The summed E-state index contributed by atoms with van der Waals surface area (Å²) < 4.78 is 7.51. The van der Waals surface area contributed by atoms with Gasteiger partial charge in [0, 0.05) is 69.7 Å². The molecule has 0 aliphatic heterocycles. The second kappa shape index (κ2) is 5.58. The standard InChI is InChI=1S/C26H13N3S2/c1-2-6-19-14(4-1)16-12-22-17(13-21(16)30-19)23-20(31-22)8-7-18-24(23)25-15(5-3-9-27-25)26-28-10-11-29(18)26/h1-13H. The normalized spacial score (nSPS) is 12.5. The minimum atomic E-state index is 0.960. The first-order chi connectivity index (χ1) is 15.4. The molecule has 0 amide bonds. The van der Waals surface area contributed by atoms with Gasteiger partial charge < -0.3 is 0 Å². The lowest BCUT2D eigenvalue weighted by Gasteiger charge is -2.09. The van der Waals surface area contributed by atoms with Crippen molar-refractivity contribution in [2.75, 3.05) is 0 Å². The quantitative estimate of drug-likeness (QED) is 0.230. The molecular formula is C26H13N3S2. The van der Waals surface area contributed by atoms with E-state index in [1.165, 1.54) is 45.7 Å². The van der Waals surface area contributed by atoms with Gasteiger partial charge in [0.05, 0.1) is 11.0 Å². The molecule has 5 heterocycles. The molecule has 0 spiro atoms. The van der Waals surface area contributed by atoms with Gasteiger partial charge in [0.1, 0.15) is 5.65 Å². The number of nitrogens with zero attached hydrogens (tertiary/aromatic N) is 3. The zero-order valence-electron chi connectivity index (χ0n) is 16.2. The summed E-state index contributed by atoms with van der Waals surface area (Å²) in [5.41, 5.74) is 3.14. The molecule has 0 N–H and O–H groups in total. The summed E-state index contributed by atoms with van der Waals surface area (Å²) in [7, 11) is 0. The number of hydrogen-bond acceptors (Lipinski definition) is 4. The molecule has 0 aliphatic carbocycles. The lowest BCUT2D eigenvalue weighted by atomic mass is 10.0. The van der Waals surface area contributed by atoms with E-state index in [1.807, 2.05) is 41.1 Å². The first kappa shape index (κ1) is 16.2. The molecule has 0 bridgehead atoms. The molecule has 3 nitrogen and oxygen atoms in total. The van der Waals surface area contributed by atoms with Crippen LogP contribution >= 0.6 is 22.7 Å². The van der Waals surface area contributed by atoms with E-state index in [4.69, 9.17) is 4.98 Å². The summed E-state index contributed by atoms with van der Waals surface area (Å²) in [4.78, 5) is 9.45. The number of pyridine rings is 2. The van der Waals surface area contributed by atoms with Crippen LogP contribution in [-0.2, 0) is 0 Å². The first-order valence-electron chi connectivity index (χ1n) is 10.2. The fourth-order valence-electron chi connectivity index (χ4n) is 5.00. The highest BCUT2D eigenvalue weighted by atomic mass is 32.1. The average molecular weight is 432 g/mol. The Morgan fingerprint density at radius 2 is 1.45 bits per heavy atom. The minimum absolute atomic E-state index is 0.960. The molecule has 0 fully saturated rings. The van der Waals surface area contributed by atoms with Crippen molar-refractivity contribution in [3.8, 4) is 0 Å². The Morgan fingerprint density at radius 1 is 0.613 bits per heavy atom. The summed E-state index contributed by atoms with van der Waals surface area (Å²) in [6, 6.07) is 22.1. The molecule has 5 aromatic heterocycles. The van der Waals surface area contributed by atoms with Crippen LogP contribution in [0.4, 0.5) is 0 Å². The van der Waals surface area contributed by atoms with Crippen molar-refractivity contribution in [2.24, 2.45) is 0 Å². The van der Waals surface area contributed by atoms with Crippen LogP contribution in [0.1, 0.15) is 0 Å². The largest absolute Gasteiger partial charge is 0.299 e. The Morgan fingerprint density at radius 3 is 2.45 bits per heavy atom. The van der Waals surface area contributed by atoms with Gasteiger partial charge in [-0.3, -0.25) is 9.38 Å². The van der Waals surface area contributed by atoms with E-state index in [1.54, 1.807) is 0 Å². The highest BCUT2D eigenvalue weighted by Gasteiger charge is 2.17. The van der Waals surface area contributed by atoms with Crippen molar-refractivity contribution < 1.29 is 0 Å². The van der Waals surface area contributed by atoms with E-state index in [0.29, 0.717) is 0 Å². The van der Waals surface area contributed by atoms with Crippen LogP contribution in [0.5, 0.6) is 0 Å². The molecule has 0 saturated heterocycles. The summed E-state index contributed by atoms with van der Waals surface area (Å²) in [6.45, 7) is 0. The zero-order chi connectivity index (χ0) is 20.1. The van der Waals surface area contributed by atoms with Crippen molar-refractivity contribution in [2.45, 2.75) is 0 Å². The second-order valence-corrected chi connectivity index (χ2v) is 10.1. The predicted molar refractivity (Wildman–Crippen MR) is 134 cm³/mol. The van der Waals surface area contributed by atoms with Gasteiger partial charge in [0.2, 0.25) is 0 Å². The number of rotatable bonds is 0. The molecule has 0 unspecified atom stereocenters. The first-order valence-corrected chi connectivity index (χ1v) is 11.8. The molecule has 31 heavy (non-hydrogen) atoms. The summed E-state index contributed by atoms with van der Waals surface area (Å²) >= 11 is 3.75. The Hall–Kier alpha value is -3.54. The number of thiophene rings is 2. The molecule has 5 heteroatoms. The van der Waals surface area contributed by atoms with Crippen molar-refractivity contribution in [3.63, 3.8) is 0 Å². The van der Waals surface area contributed by atoms with Crippen LogP contribution in [0.3, 0.4) is 0 Å². The molecule has 144 valence electrons. The van der Waals surface area contributed by atoms with Crippen LogP contribution in [-0.4, -0.2) is 14.4 Å². The third-order valence-electron chi connectivity index (χ3n) is 6.30. The third-order valence-corrected chi connectivity index (χ3v) is 8.55. The Labute approximate surface area is 183 Å².